The van der Waals surface area contributed by atoms with Crippen LogP contribution in [0, 0.1) is 18.3 Å². The second-order valence-electron chi connectivity index (χ2n) is 8.26. The van der Waals surface area contributed by atoms with Crippen molar-refractivity contribution in [3.63, 3.8) is 0 Å². The van der Waals surface area contributed by atoms with Crippen molar-refractivity contribution in [2.75, 3.05) is 18.9 Å². The number of aryl methyl sites for hydroxylation is 1. The fraction of sp³-hybridized carbons (Fsp3) is 0.304. The van der Waals surface area contributed by atoms with Crippen molar-refractivity contribution in [1.29, 1.82) is 5.26 Å². The number of nitrogens with zero attached hydrogens (tertiary/aromatic N) is 7. The summed E-state index contributed by atoms with van der Waals surface area (Å²) in [7, 11) is -1.56. The maximum absolute atomic E-state index is 15.9. The number of benzene rings is 1. The number of anilines is 1. The first-order chi connectivity index (χ1) is 18.0. The van der Waals surface area contributed by atoms with Gasteiger partial charge in [-0.25, -0.2) is 27.8 Å². The summed E-state index contributed by atoms with van der Waals surface area (Å²) >= 11 is 1.29. The SMILES string of the molecule is COc1cccc(OC)c1-n1c(NS(=O)(=O)[C@H](C)C(C)(F)c2ncc(C#N)cn2)nnc1-c1nc(C)cs1. The van der Waals surface area contributed by atoms with Gasteiger partial charge in [-0.15, -0.1) is 21.5 Å². The second kappa shape index (κ2) is 10.3. The summed E-state index contributed by atoms with van der Waals surface area (Å²) in [4.78, 5) is 12.1. The fourth-order valence-electron chi connectivity index (χ4n) is 3.54. The average molecular weight is 559 g/mol. The van der Waals surface area contributed by atoms with Crippen LogP contribution in [0.15, 0.2) is 36.0 Å². The number of hydrogen-bond donors (Lipinski definition) is 1. The molecule has 0 spiro atoms. The zero-order valence-electron chi connectivity index (χ0n) is 21.0. The molecule has 0 aliphatic heterocycles. The Balaban J connectivity index is 1.83. The van der Waals surface area contributed by atoms with Crippen molar-refractivity contribution in [3.8, 4) is 34.1 Å². The Bertz CT molecular complexity index is 1590. The molecule has 0 amide bonds. The van der Waals surface area contributed by atoms with E-state index in [0.29, 0.717) is 22.2 Å². The summed E-state index contributed by atoms with van der Waals surface area (Å²) in [6.45, 7) is 4.04. The van der Waals surface area contributed by atoms with Gasteiger partial charge in [-0.3, -0.25) is 9.29 Å². The largest absolute Gasteiger partial charge is 0.494 e. The highest BCUT2D eigenvalue weighted by molar-refractivity contribution is 7.93. The molecule has 2 atom stereocenters. The van der Waals surface area contributed by atoms with E-state index in [1.807, 2.05) is 18.4 Å². The molecule has 1 unspecified atom stereocenters. The Kier molecular flexibility index (Phi) is 7.29. The van der Waals surface area contributed by atoms with Crippen LogP contribution in [0.5, 0.6) is 11.5 Å². The number of aromatic nitrogens is 6. The van der Waals surface area contributed by atoms with Crippen molar-refractivity contribution in [2.45, 2.75) is 31.7 Å². The third-order valence-electron chi connectivity index (χ3n) is 5.78. The van der Waals surface area contributed by atoms with Crippen LogP contribution in [-0.4, -0.2) is 57.6 Å². The van der Waals surface area contributed by atoms with Gasteiger partial charge in [0.1, 0.15) is 28.5 Å². The summed E-state index contributed by atoms with van der Waals surface area (Å²) in [5, 5.41) is 17.8. The summed E-state index contributed by atoms with van der Waals surface area (Å²) < 4.78 is 57.6. The number of ether oxygens (including phenoxy) is 2. The van der Waals surface area contributed by atoms with Crippen LogP contribution in [-0.2, 0) is 15.7 Å². The van der Waals surface area contributed by atoms with E-state index < -0.39 is 20.9 Å². The quantitative estimate of drug-likeness (QED) is 0.323. The molecule has 0 bridgehead atoms. The highest BCUT2D eigenvalue weighted by Crippen LogP contribution is 2.39. The number of rotatable bonds is 9. The highest BCUT2D eigenvalue weighted by Gasteiger charge is 2.45. The minimum absolute atomic E-state index is 0.113. The van der Waals surface area contributed by atoms with Gasteiger partial charge in [0.2, 0.25) is 16.0 Å². The lowest BCUT2D eigenvalue weighted by atomic mass is 10.0. The molecular formula is C23H23FN8O4S2. The molecule has 15 heteroatoms. The van der Waals surface area contributed by atoms with E-state index in [4.69, 9.17) is 14.7 Å². The first-order valence-electron chi connectivity index (χ1n) is 11.1. The van der Waals surface area contributed by atoms with Gasteiger partial charge in [-0.1, -0.05) is 6.07 Å². The smallest absolute Gasteiger partial charge is 0.243 e. The third-order valence-corrected chi connectivity index (χ3v) is 8.58. The van der Waals surface area contributed by atoms with Gasteiger partial charge in [0, 0.05) is 23.5 Å². The molecule has 198 valence electrons. The van der Waals surface area contributed by atoms with Crippen LogP contribution < -0.4 is 14.2 Å². The normalized spacial score (nSPS) is 13.8. The lowest BCUT2D eigenvalue weighted by Gasteiger charge is -2.26. The number of nitrogens with one attached hydrogen (secondary N) is 1. The molecule has 1 N–H and O–H groups in total. The van der Waals surface area contributed by atoms with Crippen molar-refractivity contribution >= 4 is 27.3 Å². The summed E-state index contributed by atoms with van der Waals surface area (Å²) in [6, 6.07) is 6.87. The predicted molar refractivity (Wildman–Crippen MR) is 138 cm³/mol. The summed E-state index contributed by atoms with van der Waals surface area (Å²) in [6.07, 6.45) is 2.25. The van der Waals surface area contributed by atoms with Gasteiger partial charge < -0.3 is 9.47 Å². The molecule has 0 fully saturated rings. The summed E-state index contributed by atoms with van der Waals surface area (Å²) in [5.41, 5.74) is -1.36. The van der Waals surface area contributed by atoms with E-state index in [1.165, 1.54) is 37.0 Å². The molecule has 0 saturated heterocycles. The van der Waals surface area contributed by atoms with Crippen molar-refractivity contribution in [2.24, 2.45) is 0 Å². The topological polar surface area (TPSA) is 158 Å². The number of alkyl halides is 1. The van der Waals surface area contributed by atoms with E-state index in [-0.39, 0.29) is 23.2 Å². The minimum atomic E-state index is -4.46. The maximum Gasteiger partial charge on any atom is 0.243 e. The molecule has 4 rings (SSSR count). The Morgan fingerprint density at radius 2 is 1.82 bits per heavy atom. The molecule has 1 aromatic carbocycles. The number of hydrogen-bond acceptors (Lipinski definition) is 11. The van der Waals surface area contributed by atoms with E-state index in [0.717, 1.165) is 25.0 Å². The minimum Gasteiger partial charge on any atom is -0.494 e. The lowest BCUT2D eigenvalue weighted by molar-refractivity contribution is 0.175. The molecule has 3 heterocycles. The van der Waals surface area contributed by atoms with Gasteiger partial charge in [-0.05, 0) is 32.9 Å². The van der Waals surface area contributed by atoms with Gasteiger partial charge in [-0.2, -0.15) is 5.26 Å². The molecule has 0 radical (unpaired) electrons. The number of halogens is 1. The van der Waals surface area contributed by atoms with Crippen molar-refractivity contribution < 1.29 is 22.3 Å². The van der Waals surface area contributed by atoms with E-state index in [9.17, 15) is 8.42 Å². The lowest BCUT2D eigenvalue weighted by Crippen LogP contribution is -2.41. The second-order valence-corrected chi connectivity index (χ2v) is 11.1. The van der Waals surface area contributed by atoms with Crippen LogP contribution in [0.3, 0.4) is 0 Å². The molecule has 4 aromatic rings. The molecule has 0 aliphatic rings. The van der Waals surface area contributed by atoms with Crippen molar-refractivity contribution in [1.82, 2.24) is 29.7 Å². The van der Waals surface area contributed by atoms with Gasteiger partial charge in [0.05, 0.1) is 19.8 Å². The number of para-hydroxylation sites is 1. The van der Waals surface area contributed by atoms with Crippen LogP contribution in [0.4, 0.5) is 10.3 Å². The third kappa shape index (κ3) is 4.87. The van der Waals surface area contributed by atoms with E-state index in [1.54, 1.807) is 18.2 Å². The Labute approximate surface area is 222 Å². The van der Waals surface area contributed by atoms with Crippen LogP contribution in [0.2, 0.25) is 0 Å². The molecular weight excluding hydrogens is 535 g/mol. The van der Waals surface area contributed by atoms with Crippen LogP contribution in [0.25, 0.3) is 16.5 Å². The molecule has 38 heavy (non-hydrogen) atoms. The number of thiazole rings is 1. The Morgan fingerprint density at radius 3 is 2.34 bits per heavy atom. The van der Waals surface area contributed by atoms with Gasteiger partial charge >= 0.3 is 0 Å². The molecule has 0 aliphatic carbocycles. The monoisotopic (exact) mass is 558 g/mol. The first-order valence-corrected chi connectivity index (χ1v) is 13.5. The van der Waals surface area contributed by atoms with Gasteiger partial charge in [0.25, 0.3) is 0 Å². The highest BCUT2D eigenvalue weighted by atomic mass is 32.2. The van der Waals surface area contributed by atoms with Crippen LogP contribution >= 0.6 is 11.3 Å². The van der Waals surface area contributed by atoms with Crippen molar-refractivity contribution in [3.05, 3.63) is 53.1 Å². The number of methoxy groups -OCH3 is 2. The van der Waals surface area contributed by atoms with Crippen LogP contribution in [0.1, 0.15) is 30.9 Å². The van der Waals surface area contributed by atoms with E-state index >= 15 is 4.39 Å². The van der Waals surface area contributed by atoms with E-state index in [2.05, 4.69) is 29.9 Å². The standard InChI is InChI=1S/C23H23FN8O4S2/c1-13-12-37-20(28-13)19-29-30-22(32(19)18-16(35-4)7-6-8-17(18)36-5)31-38(33,34)14(2)23(3,24)21-26-10-15(9-25)11-27-21/h6-8,10-12,14H,1-5H3,(H,30,31)/t14-,23?/m1/s1. The number of sulfonamides is 1. The summed E-state index contributed by atoms with van der Waals surface area (Å²) in [5.74, 6) is 0.275. The zero-order chi connectivity index (χ0) is 27.7. The Hall–Kier alpha value is -4.16. The molecule has 12 nitrogen and oxygen atoms in total. The number of nitriles is 1. The maximum atomic E-state index is 15.9. The first kappa shape index (κ1) is 26.9. The Morgan fingerprint density at radius 1 is 1.18 bits per heavy atom. The molecule has 3 aromatic heterocycles. The van der Waals surface area contributed by atoms with Gasteiger partial charge in [0.15, 0.2) is 22.3 Å². The average Bonchev–Trinajstić information content (AvgIpc) is 3.52. The molecule has 0 saturated carbocycles. The fourth-order valence-corrected chi connectivity index (χ4v) is 5.56. The predicted octanol–water partition coefficient (Wildman–Crippen LogP) is 3.39. The zero-order valence-corrected chi connectivity index (χ0v) is 22.6.